The first-order valence-corrected chi connectivity index (χ1v) is 7.08. The molecule has 2 aromatic carbocycles. The monoisotopic (exact) mass is 320 g/mol. The van der Waals surface area contributed by atoms with Crippen molar-refractivity contribution < 1.29 is 14.4 Å². The summed E-state index contributed by atoms with van der Waals surface area (Å²) >= 11 is 6.17. The zero-order valence-electron chi connectivity index (χ0n) is 11.5. The molecule has 1 aliphatic rings. The molecule has 6 nitrogen and oxygen atoms in total. The Morgan fingerprint density at radius 3 is 2.82 bits per heavy atom. The number of ether oxygens (including phenoxy) is 2. The van der Waals surface area contributed by atoms with Crippen molar-refractivity contribution in [3.8, 4) is 11.5 Å². The summed E-state index contributed by atoms with van der Waals surface area (Å²) in [5.74, 6) is 1.14. The molecule has 0 spiro atoms. The van der Waals surface area contributed by atoms with Crippen molar-refractivity contribution in [2.24, 2.45) is 0 Å². The van der Waals surface area contributed by atoms with E-state index >= 15 is 0 Å². The summed E-state index contributed by atoms with van der Waals surface area (Å²) in [5.41, 5.74) is 1.34. The third-order valence-electron chi connectivity index (χ3n) is 3.24. The van der Waals surface area contributed by atoms with E-state index in [4.69, 9.17) is 21.1 Å². The topological polar surface area (TPSA) is 73.6 Å². The van der Waals surface area contributed by atoms with Crippen molar-refractivity contribution in [1.82, 2.24) is 0 Å². The molecule has 3 rings (SSSR count). The maximum Gasteiger partial charge on any atom is 0.292 e. The second kappa shape index (κ2) is 6.11. The molecule has 0 amide bonds. The highest BCUT2D eigenvalue weighted by atomic mass is 35.5. The molecule has 0 aromatic heterocycles. The van der Waals surface area contributed by atoms with Crippen LogP contribution in [0.1, 0.15) is 5.56 Å². The minimum Gasteiger partial charge on any atom is -0.486 e. The molecule has 22 heavy (non-hydrogen) atoms. The minimum atomic E-state index is -0.418. The van der Waals surface area contributed by atoms with Crippen LogP contribution in [0.5, 0.6) is 11.5 Å². The zero-order valence-corrected chi connectivity index (χ0v) is 12.3. The Bertz CT molecular complexity index is 721. The van der Waals surface area contributed by atoms with Gasteiger partial charge in [0, 0.05) is 12.6 Å². The smallest absolute Gasteiger partial charge is 0.292 e. The van der Waals surface area contributed by atoms with Gasteiger partial charge in [-0.15, -0.1) is 0 Å². The van der Waals surface area contributed by atoms with Crippen LogP contribution in [-0.2, 0) is 6.54 Å². The molecule has 1 N–H and O–H groups in total. The molecule has 0 atom stereocenters. The average molecular weight is 321 g/mol. The van der Waals surface area contributed by atoms with E-state index in [1.165, 1.54) is 6.07 Å². The van der Waals surface area contributed by atoms with Crippen LogP contribution in [0.15, 0.2) is 36.4 Å². The Morgan fingerprint density at radius 2 is 2.00 bits per heavy atom. The van der Waals surface area contributed by atoms with Crippen molar-refractivity contribution >= 4 is 23.0 Å². The molecule has 0 saturated heterocycles. The van der Waals surface area contributed by atoms with Gasteiger partial charge in [0.05, 0.1) is 9.95 Å². The quantitative estimate of drug-likeness (QED) is 0.688. The van der Waals surface area contributed by atoms with Crippen molar-refractivity contribution in [2.75, 3.05) is 18.5 Å². The summed E-state index contributed by atoms with van der Waals surface area (Å²) < 4.78 is 11.0. The highest BCUT2D eigenvalue weighted by molar-refractivity contribution is 6.32. The third-order valence-corrected chi connectivity index (χ3v) is 3.52. The van der Waals surface area contributed by atoms with E-state index in [0.29, 0.717) is 42.0 Å². The van der Waals surface area contributed by atoms with Gasteiger partial charge in [-0.05, 0) is 23.8 Å². The van der Waals surface area contributed by atoms with Crippen molar-refractivity contribution in [3.63, 3.8) is 0 Å². The van der Waals surface area contributed by atoms with E-state index in [1.54, 1.807) is 24.3 Å². The predicted molar refractivity (Wildman–Crippen MR) is 82.9 cm³/mol. The fraction of sp³-hybridized carbons (Fsp3) is 0.200. The number of fused-ring (bicyclic) bond motifs is 1. The van der Waals surface area contributed by atoms with E-state index < -0.39 is 4.92 Å². The predicted octanol–water partition coefficient (Wildman–Crippen LogP) is 3.63. The SMILES string of the molecule is O=[N+]([O-])c1ccccc1NCc1cc(Cl)c2c(c1)OCCO2. The summed E-state index contributed by atoms with van der Waals surface area (Å²) in [6.45, 7) is 1.34. The molecule has 0 bridgehead atoms. The molecule has 0 unspecified atom stereocenters. The molecule has 2 aromatic rings. The lowest BCUT2D eigenvalue weighted by Crippen LogP contribution is -2.16. The largest absolute Gasteiger partial charge is 0.486 e. The van der Waals surface area contributed by atoms with Gasteiger partial charge in [-0.1, -0.05) is 23.7 Å². The number of nitro benzene ring substituents is 1. The first-order chi connectivity index (χ1) is 10.6. The standard InChI is InChI=1S/C15H13ClN2O4/c16-11-7-10(8-14-15(11)22-6-5-21-14)9-17-12-3-1-2-4-13(12)18(19)20/h1-4,7-8,17H,5-6,9H2. The summed E-state index contributed by atoms with van der Waals surface area (Å²) in [5, 5.41) is 14.5. The second-order valence-electron chi connectivity index (χ2n) is 4.73. The molecule has 0 saturated carbocycles. The lowest BCUT2D eigenvalue weighted by molar-refractivity contribution is -0.384. The van der Waals surface area contributed by atoms with Gasteiger partial charge >= 0.3 is 0 Å². The fourth-order valence-electron chi connectivity index (χ4n) is 2.25. The number of para-hydroxylation sites is 2. The number of rotatable bonds is 4. The number of anilines is 1. The summed E-state index contributed by atoms with van der Waals surface area (Å²) in [7, 11) is 0. The van der Waals surface area contributed by atoms with Crippen LogP contribution in [0, 0.1) is 10.1 Å². The first-order valence-electron chi connectivity index (χ1n) is 6.70. The van der Waals surface area contributed by atoms with Gasteiger partial charge in [0.1, 0.15) is 18.9 Å². The van der Waals surface area contributed by atoms with E-state index in [0.717, 1.165) is 5.56 Å². The van der Waals surface area contributed by atoms with Crippen molar-refractivity contribution in [2.45, 2.75) is 6.54 Å². The zero-order chi connectivity index (χ0) is 15.5. The highest BCUT2D eigenvalue weighted by Crippen LogP contribution is 2.38. The van der Waals surface area contributed by atoms with Crippen molar-refractivity contribution in [3.05, 3.63) is 57.1 Å². The molecule has 7 heteroatoms. The average Bonchev–Trinajstić information content (AvgIpc) is 2.53. The van der Waals surface area contributed by atoms with Gasteiger partial charge in [0.15, 0.2) is 11.5 Å². The van der Waals surface area contributed by atoms with Crippen LogP contribution < -0.4 is 14.8 Å². The summed E-state index contributed by atoms with van der Waals surface area (Å²) in [6, 6.07) is 10.1. The molecule has 1 aliphatic heterocycles. The molecule has 0 aliphatic carbocycles. The number of hydrogen-bond donors (Lipinski definition) is 1. The van der Waals surface area contributed by atoms with E-state index in [2.05, 4.69) is 5.32 Å². The van der Waals surface area contributed by atoms with Gasteiger partial charge in [-0.2, -0.15) is 0 Å². The van der Waals surface area contributed by atoms with Gasteiger partial charge < -0.3 is 14.8 Å². The molecule has 1 heterocycles. The Labute approximate surface area is 131 Å². The van der Waals surface area contributed by atoms with Crippen LogP contribution in [0.3, 0.4) is 0 Å². The number of hydrogen-bond acceptors (Lipinski definition) is 5. The van der Waals surface area contributed by atoms with Crippen LogP contribution in [-0.4, -0.2) is 18.1 Å². The number of nitro groups is 1. The maximum absolute atomic E-state index is 11.0. The summed E-state index contributed by atoms with van der Waals surface area (Å²) in [4.78, 5) is 10.6. The molecule has 0 fully saturated rings. The lowest BCUT2D eigenvalue weighted by atomic mass is 10.1. The minimum absolute atomic E-state index is 0.0335. The molecular weight excluding hydrogens is 308 g/mol. The molecule has 0 radical (unpaired) electrons. The fourth-order valence-corrected chi connectivity index (χ4v) is 2.53. The van der Waals surface area contributed by atoms with Crippen LogP contribution >= 0.6 is 11.6 Å². The third kappa shape index (κ3) is 2.92. The number of nitrogens with one attached hydrogen (secondary N) is 1. The van der Waals surface area contributed by atoms with Crippen LogP contribution in [0.4, 0.5) is 11.4 Å². The van der Waals surface area contributed by atoms with Crippen LogP contribution in [0.25, 0.3) is 0 Å². The Balaban J connectivity index is 1.80. The van der Waals surface area contributed by atoms with Gasteiger partial charge in [0.25, 0.3) is 5.69 Å². The molecular formula is C15H13ClN2O4. The Hall–Kier alpha value is -2.47. The summed E-state index contributed by atoms with van der Waals surface area (Å²) in [6.07, 6.45) is 0. The Morgan fingerprint density at radius 1 is 1.23 bits per heavy atom. The van der Waals surface area contributed by atoms with Crippen LogP contribution in [0.2, 0.25) is 5.02 Å². The van der Waals surface area contributed by atoms with E-state index in [9.17, 15) is 10.1 Å². The first kappa shape index (κ1) is 14.5. The number of nitrogens with zero attached hydrogens (tertiary/aromatic N) is 1. The maximum atomic E-state index is 11.0. The number of halogens is 1. The van der Waals surface area contributed by atoms with Gasteiger partial charge in [-0.25, -0.2) is 0 Å². The van der Waals surface area contributed by atoms with Gasteiger partial charge in [0.2, 0.25) is 0 Å². The second-order valence-corrected chi connectivity index (χ2v) is 5.14. The molecule has 114 valence electrons. The van der Waals surface area contributed by atoms with E-state index in [1.807, 2.05) is 6.07 Å². The van der Waals surface area contributed by atoms with Crippen molar-refractivity contribution in [1.29, 1.82) is 0 Å². The Kier molecular flexibility index (Phi) is 4.02. The highest BCUT2D eigenvalue weighted by Gasteiger charge is 2.17. The van der Waals surface area contributed by atoms with E-state index in [-0.39, 0.29) is 5.69 Å². The van der Waals surface area contributed by atoms with Gasteiger partial charge in [-0.3, -0.25) is 10.1 Å². The lowest BCUT2D eigenvalue weighted by Gasteiger charge is -2.20. The normalized spacial score (nSPS) is 12.8. The number of benzene rings is 2.